The molecule has 0 amide bonds. The summed E-state index contributed by atoms with van der Waals surface area (Å²) in [5, 5.41) is 9.64. The zero-order chi connectivity index (χ0) is 10.8. The molecule has 82 valence electrons. The van der Waals surface area contributed by atoms with Crippen LogP contribution in [0.1, 0.15) is 18.9 Å². The largest absolute Gasteiger partial charge is 0.392 e. The van der Waals surface area contributed by atoms with Crippen LogP contribution in [0.25, 0.3) is 0 Å². The molecule has 15 heavy (non-hydrogen) atoms. The molecule has 1 N–H and O–H groups in total. The highest BCUT2D eigenvalue weighted by molar-refractivity contribution is 6.31. The Kier molecular flexibility index (Phi) is 3.12. The summed E-state index contributed by atoms with van der Waals surface area (Å²) in [6.07, 6.45) is 2.82. The monoisotopic (exact) mass is 226 g/mol. The van der Waals surface area contributed by atoms with Crippen LogP contribution in [-0.2, 0) is 6.61 Å². The number of aromatic nitrogens is 1. The van der Waals surface area contributed by atoms with E-state index in [1.54, 1.807) is 6.20 Å². The zero-order valence-corrected chi connectivity index (χ0v) is 9.54. The summed E-state index contributed by atoms with van der Waals surface area (Å²) in [5.74, 6) is 1.65. The minimum Gasteiger partial charge on any atom is -0.392 e. The molecule has 0 spiro atoms. The number of halogens is 1. The highest BCUT2D eigenvalue weighted by Crippen LogP contribution is 2.25. The van der Waals surface area contributed by atoms with Crippen molar-refractivity contribution in [3.05, 3.63) is 22.8 Å². The molecule has 1 unspecified atom stereocenters. The lowest BCUT2D eigenvalue weighted by molar-refractivity contribution is 0.282. The van der Waals surface area contributed by atoms with Gasteiger partial charge in [0.1, 0.15) is 5.82 Å². The average Bonchev–Trinajstić information content (AvgIpc) is 2.66. The molecule has 0 aromatic carbocycles. The average molecular weight is 227 g/mol. The Bertz CT molecular complexity index is 356. The van der Waals surface area contributed by atoms with Crippen LogP contribution in [0.4, 0.5) is 5.82 Å². The van der Waals surface area contributed by atoms with Crippen LogP contribution in [0.3, 0.4) is 0 Å². The molecule has 3 nitrogen and oxygen atoms in total. The summed E-state index contributed by atoms with van der Waals surface area (Å²) in [7, 11) is 0. The van der Waals surface area contributed by atoms with Gasteiger partial charge in [-0.15, -0.1) is 0 Å². The summed E-state index contributed by atoms with van der Waals surface area (Å²) in [6, 6.07) is 1.88. The van der Waals surface area contributed by atoms with Crippen molar-refractivity contribution >= 4 is 17.4 Å². The Morgan fingerprint density at radius 2 is 2.47 bits per heavy atom. The number of hydrogen-bond donors (Lipinski definition) is 1. The predicted octanol–water partition coefficient (Wildman–Crippen LogP) is 2.07. The SMILES string of the molecule is CC1CCN(c2cc(CO)c(Cl)cn2)C1. The first-order chi connectivity index (χ1) is 7.20. The Hall–Kier alpha value is -0.800. The van der Waals surface area contributed by atoms with E-state index >= 15 is 0 Å². The number of nitrogens with zero attached hydrogens (tertiary/aromatic N) is 2. The maximum atomic E-state index is 9.11. The van der Waals surface area contributed by atoms with Crippen molar-refractivity contribution in [1.82, 2.24) is 4.98 Å². The highest BCUT2D eigenvalue weighted by atomic mass is 35.5. The summed E-state index contributed by atoms with van der Waals surface area (Å²) in [6.45, 7) is 4.29. The third-order valence-corrected chi connectivity index (χ3v) is 3.18. The second-order valence-corrected chi connectivity index (χ2v) is 4.54. The van der Waals surface area contributed by atoms with Gasteiger partial charge in [0.05, 0.1) is 11.6 Å². The first-order valence-electron chi connectivity index (χ1n) is 5.21. The molecule has 4 heteroatoms. The normalized spacial score (nSPS) is 21.0. The van der Waals surface area contributed by atoms with Gasteiger partial charge in [0.25, 0.3) is 0 Å². The summed E-state index contributed by atoms with van der Waals surface area (Å²) in [5.41, 5.74) is 0.751. The molecule has 2 rings (SSSR count). The van der Waals surface area contributed by atoms with Crippen molar-refractivity contribution in [3.8, 4) is 0 Å². The lowest BCUT2D eigenvalue weighted by Gasteiger charge is -2.17. The van der Waals surface area contributed by atoms with Crippen LogP contribution >= 0.6 is 11.6 Å². The second-order valence-electron chi connectivity index (χ2n) is 4.13. The van der Waals surface area contributed by atoms with Crippen LogP contribution in [0.2, 0.25) is 5.02 Å². The van der Waals surface area contributed by atoms with Gasteiger partial charge >= 0.3 is 0 Å². The molecule has 0 radical (unpaired) electrons. The van der Waals surface area contributed by atoms with Gasteiger partial charge in [-0.2, -0.15) is 0 Å². The van der Waals surface area contributed by atoms with Crippen LogP contribution in [0.15, 0.2) is 12.3 Å². The number of pyridine rings is 1. The molecule has 1 aromatic heterocycles. The Balaban J connectivity index is 2.21. The van der Waals surface area contributed by atoms with Gasteiger partial charge in [0.15, 0.2) is 0 Å². The van der Waals surface area contributed by atoms with E-state index in [4.69, 9.17) is 16.7 Å². The Morgan fingerprint density at radius 3 is 3.07 bits per heavy atom. The molecule has 2 heterocycles. The zero-order valence-electron chi connectivity index (χ0n) is 8.78. The maximum Gasteiger partial charge on any atom is 0.128 e. The van der Waals surface area contributed by atoms with Gasteiger partial charge in [0.2, 0.25) is 0 Å². The molecule has 1 atom stereocenters. The molecule has 1 fully saturated rings. The first kappa shape index (κ1) is 10.7. The first-order valence-corrected chi connectivity index (χ1v) is 5.58. The number of rotatable bonds is 2. The van der Waals surface area contributed by atoms with Crippen molar-refractivity contribution in [2.24, 2.45) is 5.92 Å². The molecule has 1 aromatic rings. The van der Waals surface area contributed by atoms with E-state index in [-0.39, 0.29) is 6.61 Å². The van der Waals surface area contributed by atoms with E-state index in [2.05, 4.69) is 16.8 Å². The van der Waals surface area contributed by atoms with Gasteiger partial charge < -0.3 is 10.0 Å². The quantitative estimate of drug-likeness (QED) is 0.839. The van der Waals surface area contributed by atoms with Crippen molar-refractivity contribution in [1.29, 1.82) is 0 Å². The molecule has 1 saturated heterocycles. The lowest BCUT2D eigenvalue weighted by Crippen LogP contribution is -2.20. The van der Waals surface area contributed by atoms with Gasteiger partial charge in [-0.1, -0.05) is 18.5 Å². The van der Waals surface area contributed by atoms with E-state index < -0.39 is 0 Å². The van der Waals surface area contributed by atoms with Crippen molar-refractivity contribution in [3.63, 3.8) is 0 Å². The van der Waals surface area contributed by atoms with Gasteiger partial charge in [-0.05, 0) is 18.4 Å². The number of anilines is 1. The van der Waals surface area contributed by atoms with Gasteiger partial charge in [-0.25, -0.2) is 4.98 Å². The smallest absolute Gasteiger partial charge is 0.128 e. The molecular formula is C11H15ClN2O. The fourth-order valence-electron chi connectivity index (χ4n) is 1.90. The maximum absolute atomic E-state index is 9.11. The van der Waals surface area contributed by atoms with Gasteiger partial charge in [-0.3, -0.25) is 0 Å². The molecule has 1 aliphatic heterocycles. The lowest BCUT2D eigenvalue weighted by atomic mass is 10.2. The number of aliphatic hydroxyl groups is 1. The molecule has 0 bridgehead atoms. The summed E-state index contributed by atoms with van der Waals surface area (Å²) >= 11 is 5.89. The van der Waals surface area contributed by atoms with E-state index in [1.807, 2.05) is 6.07 Å². The topological polar surface area (TPSA) is 36.4 Å². The van der Waals surface area contributed by atoms with Crippen molar-refractivity contribution in [2.75, 3.05) is 18.0 Å². The second kappa shape index (κ2) is 4.37. The fraction of sp³-hybridized carbons (Fsp3) is 0.545. The fourth-order valence-corrected chi connectivity index (χ4v) is 2.07. The standard InChI is InChI=1S/C11H15ClN2O/c1-8-2-3-14(6-8)11-4-9(7-15)10(12)5-13-11/h4-5,8,15H,2-3,6-7H2,1H3. The minimum absolute atomic E-state index is 0.0300. The van der Waals surface area contributed by atoms with E-state index in [9.17, 15) is 0 Å². The van der Waals surface area contributed by atoms with Crippen LogP contribution in [0.5, 0.6) is 0 Å². The van der Waals surface area contributed by atoms with Crippen molar-refractivity contribution < 1.29 is 5.11 Å². The van der Waals surface area contributed by atoms with Crippen LogP contribution in [0, 0.1) is 5.92 Å². The molecule has 0 saturated carbocycles. The van der Waals surface area contributed by atoms with E-state index in [0.717, 1.165) is 30.4 Å². The Morgan fingerprint density at radius 1 is 1.67 bits per heavy atom. The number of hydrogen-bond acceptors (Lipinski definition) is 3. The van der Waals surface area contributed by atoms with Crippen LogP contribution in [-0.4, -0.2) is 23.2 Å². The Labute approximate surface area is 94.7 Å². The van der Waals surface area contributed by atoms with Crippen molar-refractivity contribution in [2.45, 2.75) is 20.0 Å². The third kappa shape index (κ3) is 2.24. The third-order valence-electron chi connectivity index (χ3n) is 2.84. The summed E-state index contributed by atoms with van der Waals surface area (Å²) in [4.78, 5) is 6.52. The van der Waals surface area contributed by atoms with Gasteiger partial charge in [0, 0.05) is 24.8 Å². The molecular weight excluding hydrogens is 212 g/mol. The predicted molar refractivity (Wildman–Crippen MR) is 61.2 cm³/mol. The van der Waals surface area contributed by atoms with E-state index in [1.165, 1.54) is 6.42 Å². The molecule has 1 aliphatic rings. The number of aliphatic hydroxyl groups excluding tert-OH is 1. The highest BCUT2D eigenvalue weighted by Gasteiger charge is 2.20. The summed E-state index contributed by atoms with van der Waals surface area (Å²) < 4.78 is 0. The molecule has 0 aliphatic carbocycles. The minimum atomic E-state index is -0.0300. The van der Waals surface area contributed by atoms with E-state index in [0.29, 0.717) is 5.02 Å². The van der Waals surface area contributed by atoms with Crippen LogP contribution < -0.4 is 4.90 Å².